The number of rotatable bonds is 10. The molecule has 1 aromatic heterocycles. The minimum Gasteiger partial charge on any atom is -0.372 e. The molecule has 1 aliphatic rings. The van der Waals surface area contributed by atoms with E-state index in [2.05, 4.69) is 63.6 Å². The van der Waals surface area contributed by atoms with Crippen LogP contribution in [0.25, 0.3) is 6.08 Å². The van der Waals surface area contributed by atoms with Gasteiger partial charge >= 0.3 is 0 Å². The number of carbonyl (C=O) groups excluding carboxylic acids is 1. The highest BCUT2D eigenvalue weighted by molar-refractivity contribution is 8.26. The summed E-state index contributed by atoms with van der Waals surface area (Å²) in [4.78, 5) is 17.3. The van der Waals surface area contributed by atoms with Crippen molar-refractivity contribution in [1.82, 2.24) is 25.5 Å². The van der Waals surface area contributed by atoms with E-state index >= 15 is 0 Å². The molecular weight excluding hydrogens is 404 g/mol. The summed E-state index contributed by atoms with van der Waals surface area (Å²) in [5.41, 5.74) is 2.22. The quantitative estimate of drug-likeness (QED) is 0.451. The minimum atomic E-state index is -0.124. The Morgan fingerprint density at radius 3 is 2.45 bits per heavy atom. The fourth-order valence-electron chi connectivity index (χ4n) is 3.03. The van der Waals surface area contributed by atoms with Crippen LogP contribution in [0.15, 0.2) is 29.2 Å². The first-order chi connectivity index (χ1) is 14.1. The number of benzene rings is 1. The lowest BCUT2D eigenvalue weighted by atomic mass is 10.1. The second-order valence-corrected chi connectivity index (χ2v) is 8.56. The SMILES string of the molecule is CCCCN(CCCC)c1ccc(/C=C2\SC(=S)N(Cc3nn[nH]n3)C2=O)cc1. The van der Waals surface area contributed by atoms with Crippen molar-refractivity contribution < 1.29 is 4.79 Å². The molecule has 1 saturated heterocycles. The van der Waals surface area contributed by atoms with Gasteiger partial charge in [-0.2, -0.15) is 5.21 Å². The standard InChI is InChI=1S/C20H26N6OS2/c1-3-5-11-25(12-6-4-2)16-9-7-15(8-10-16)13-17-19(27)26(20(28)29-17)14-18-21-23-24-22-18/h7-10,13H,3-6,11-12,14H2,1-2H3,(H,21,22,23,24)/b17-13-. The summed E-state index contributed by atoms with van der Waals surface area (Å²) in [5, 5.41) is 13.7. The van der Waals surface area contributed by atoms with E-state index in [9.17, 15) is 4.79 Å². The first kappa shape index (κ1) is 21.4. The second-order valence-electron chi connectivity index (χ2n) is 6.88. The van der Waals surface area contributed by atoms with Crippen LogP contribution in [-0.2, 0) is 11.3 Å². The van der Waals surface area contributed by atoms with Crippen LogP contribution in [0.4, 0.5) is 5.69 Å². The lowest BCUT2D eigenvalue weighted by molar-refractivity contribution is -0.122. The number of aromatic nitrogens is 4. The number of tetrazole rings is 1. The monoisotopic (exact) mass is 430 g/mol. The van der Waals surface area contributed by atoms with Gasteiger partial charge in [-0.25, -0.2) is 0 Å². The maximum atomic E-state index is 12.7. The highest BCUT2D eigenvalue weighted by Crippen LogP contribution is 2.33. The molecule has 29 heavy (non-hydrogen) atoms. The van der Waals surface area contributed by atoms with E-state index in [1.807, 2.05) is 6.08 Å². The van der Waals surface area contributed by atoms with Crippen LogP contribution in [0.1, 0.15) is 50.9 Å². The zero-order valence-electron chi connectivity index (χ0n) is 16.8. The molecule has 0 spiro atoms. The molecule has 1 aliphatic heterocycles. The average molecular weight is 431 g/mol. The molecule has 1 N–H and O–H groups in total. The first-order valence-corrected chi connectivity index (χ1v) is 11.2. The fraction of sp³-hybridized carbons (Fsp3) is 0.450. The molecule has 0 bridgehead atoms. The van der Waals surface area contributed by atoms with Crippen molar-refractivity contribution in [2.45, 2.75) is 46.1 Å². The van der Waals surface area contributed by atoms with Gasteiger partial charge in [0.25, 0.3) is 5.91 Å². The summed E-state index contributed by atoms with van der Waals surface area (Å²) >= 11 is 6.66. The summed E-state index contributed by atoms with van der Waals surface area (Å²) in [6.07, 6.45) is 6.64. The molecule has 154 valence electrons. The van der Waals surface area contributed by atoms with E-state index in [0.29, 0.717) is 15.1 Å². The van der Waals surface area contributed by atoms with Crippen LogP contribution in [0.2, 0.25) is 0 Å². The first-order valence-electron chi connectivity index (χ1n) is 9.95. The molecule has 7 nitrogen and oxygen atoms in total. The Morgan fingerprint density at radius 2 is 1.86 bits per heavy atom. The Kier molecular flexibility index (Phi) is 7.76. The summed E-state index contributed by atoms with van der Waals surface area (Å²) < 4.78 is 0.507. The second kappa shape index (κ2) is 10.5. The van der Waals surface area contributed by atoms with E-state index in [1.165, 1.54) is 48.0 Å². The molecule has 1 fully saturated rings. The lowest BCUT2D eigenvalue weighted by Gasteiger charge is -2.24. The molecule has 0 atom stereocenters. The third-order valence-corrected chi connectivity index (χ3v) is 6.06. The van der Waals surface area contributed by atoms with Gasteiger partial charge in [-0.05, 0) is 36.6 Å². The van der Waals surface area contributed by atoms with Crippen LogP contribution < -0.4 is 4.90 Å². The average Bonchev–Trinajstić information content (AvgIpc) is 3.33. The Hall–Kier alpha value is -2.26. The predicted molar refractivity (Wildman–Crippen MR) is 121 cm³/mol. The van der Waals surface area contributed by atoms with Crippen LogP contribution >= 0.6 is 24.0 Å². The maximum absolute atomic E-state index is 12.7. The van der Waals surface area contributed by atoms with E-state index in [-0.39, 0.29) is 12.5 Å². The van der Waals surface area contributed by atoms with Gasteiger partial charge in [-0.1, -0.05) is 68.0 Å². The van der Waals surface area contributed by atoms with Gasteiger partial charge in [0.05, 0.1) is 11.4 Å². The van der Waals surface area contributed by atoms with E-state index < -0.39 is 0 Å². The molecule has 1 aromatic carbocycles. The summed E-state index contributed by atoms with van der Waals surface area (Å²) in [6.45, 7) is 6.81. The molecule has 3 rings (SSSR count). The molecule has 1 amide bonds. The summed E-state index contributed by atoms with van der Waals surface area (Å²) in [6, 6.07) is 8.40. The normalized spacial score (nSPS) is 15.5. The van der Waals surface area contributed by atoms with Crippen LogP contribution in [-0.4, -0.2) is 48.8 Å². The summed E-state index contributed by atoms with van der Waals surface area (Å²) in [5.74, 6) is 0.313. The maximum Gasteiger partial charge on any atom is 0.266 e. The van der Waals surface area contributed by atoms with Crippen LogP contribution in [0.3, 0.4) is 0 Å². The van der Waals surface area contributed by atoms with Crippen LogP contribution in [0, 0.1) is 0 Å². The molecular formula is C20H26N6OS2. The molecule has 0 aliphatic carbocycles. The number of nitrogens with one attached hydrogen (secondary N) is 1. The van der Waals surface area contributed by atoms with Gasteiger partial charge in [-0.15, -0.1) is 10.2 Å². The molecule has 0 saturated carbocycles. The fourth-order valence-corrected chi connectivity index (χ4v) is 4.28. The van der Waals surface area contributed by atoms with E-state index in [1.54, 1.807) is 0 Å². The number of nitrogens with zero attached hydrogens (tertiary/aromatic N) is 5. The highest BCUT2D eigenvalue weighted by atomic mass is 32.2. The number of anilines is 1. The smallest absolute Gasteiger partial charge is 0.266 e. The van der Waals surface area contributed by atoms with Crippen molar-refractivity contribution in [1.29, 1.82) is 0 Å². The van der Waals surface area contributed by atoms with Crippen molar-refractivity contribution in [2.75, 3.05) is 18.0 Å². The Morgan fingerprint density at radius 1 is 1.17 bits per heavy atom. The lowest BCUT2D eigenvalue weighted by Crippen LogP contribution is -2.27. The number of unbranched alkanes of at least 4 members (excludes halogenated alkanes) is 2. The van der Waals surface area contributed by atoms with Crippen molar-refractivity contribution in [2.24, 2.45) is 0 Å². The third kappa shape index (κ3) is 5.63. The zero-order valence-corrected chi connectivity index (χ0v) is 18.4. The predicted octanol–water partition coefficient (Wildman–Crippen LogP) is 4.01. The number of hydrogen-bond acceptors (Lipinski definition) is 7. The molecule has 9 heteroatoms. The Labute approximate surface area is 180 Å². The van der Waals surface area contributed by atoms with Gasteiger partial charge < -0.3 is 4.90 Å². The van der Waals surface area contributed by atoms with Gasteiger partial charge in [0.15, 0.2) is 5.82 Å². The largest absolute Gasteiger partial charge is 0.372 e. The number of hydrogen-bond donors (Lipinski definition) is 1. The molecule has 0 radical (unpaired) electrons. The minimum absolute atomic E-state index is 0.124. The van der Waals surface area contributed by atoms with Crippen molar-refractivity contribution in [3.05, 3.63) is 40.6 Å². The highest BCUT2D eigenvalue weighted by Gasteiger charge is 2.32. The van der Waals surface area contributed by atoms with Crippen molar-refractivity contribution in [3.63, 3.8) is 0 Å². The van der Waals surface area contributed by atoms with E-state index in [4.69, 9.17) is 12.2 Å². The van der Waals surface area contributed by atoms with Gasteiger partial charge in [0.2, 0.25) is 0 Å². The van der Waals surface area contributed by atoms with Crippen molar-refractivity contribution in [3.8, 4) is 0 Å². The zero-order chi connectivity index (χ0) is 20.6. The number of thioether (sulfide) groups is 1. The van der Waals surface area contributed by atoms with Crippen molar-refractivity contribution >= 4 is 46.0 Å². The summed E-state index contributed by atoms with van der Waals surface area (Å²) in [7, 11) is 0. The molecule has 2 aromatic rings. The Balaban J connectivity index is 1.70. The molecule has 0 unspecified atom stereocenters. The van der Waals surface area contributed by atoms with Gasteiger partial charge in [0, 0.05) is 18.8 Å². The number of carbonyl (C=O) groups is 1. The van der Waals surface area contributed by atoms with Gasteiger partial charge in [-0.3, -0.25) is 9.69 Å². The number of thiocarbonyl (C=S) groups is 1. The topological polar surface area (TPSA) is 78.0 Å². The van der Waals surface area contributed by atoms with Crippen LogP contribution in [0.5, 0.6) is 0 Å². The van der Waals surface area contributed by atoms with E-state index in [0.717, 1.165) is 18.7 Å². The molecule has 2 heterocycles. The number of aromatic amines is 1. The number of amides is 1. The third-order valence-electron chi connectivity index (χ3n) is 4.68. The number of H-pyrrole nitrogens is 1. The Bertz CT molecular complexity index is 842. The van der Waals surface area contributed by atoms with Gasteiger partial charge in [0.1, 0.15) is 4.32 Å².